The van der Waals surface area contributed by atoms with Crippen molar-refractivity contribution in [2.75, 3.05) is 13.2 Å². The van der Waals surface area contributed by atoms with Crippen molar-refractivity contribution < 1.29 is 19.4 Å². The number of likely N-dealkylation sites (tertiary alicyclic amines) is 1. The van der Waals surface area contributed by atoms with Crippen LogP contribution in [-0.2, 0) is 9.53 Å². The second kappa shape index (κ2) is 6.48. The number of ether oxygens (including phenoxy) is 1. The molecular formula is C21H21NO4. The van der Waals surface area contributed by atoms with E-state index in [1.165, 1.54) is 27.2 Å². The Kier molecular flexibility index (Phi) is 4.15. The summed E-state index contributed by atoms with van der Waals surface area (Å²) in [6, 6.07) is 16.3. The number of carbonyl (C=O) groups is 2. The summed E-state index contributed by atoms with van der Waals surface area (Å²) in [5.41, 5.74) is 4.70. The van der Waals surface area contributed by atoms with Crippen LogP contribution < -0.4 is 0 Å². The number of carboxylic acids is 1. The number of fused-ring (bicyclic) bond motifs is 3. The van der Waals surface area contributed by atoms with Crippen LogP contribution in [0.1, 0.15) is 30.4 Å². The lowest BCUT2D eigenvalue weighted by Crippen LogP contribution is -2.35. The normalized spacial score (nSPS) is 21.3. The minimum absolute atomic E-state index is 0.0135. The molecule has 0 aromatic heterocycles. The third-order valence-corrected chi connectivity index (χ3v) is 5.49. The van der Waals surface area contributed by atoms with Crippen LogP contribution in [0.2, 0.25) is 0 Å². The molecule has 0 bridgehead atoms. The van der Waals surface area contributed by atoms with Crippen molar-refractivity contribution in [2.45, 2.75) is 25.3 Å². The van der Waals surface area contributed by atoms with Crippen molar-refractivity contribution >= 4 is 12.1 Å². The van der Waals surface area contributed by atoms with E-state index in [4.69, 9.17) is 4.74 Å². The van der Waals surface area contributed by atoms with E-state index in [2.05, 4.69) is 24.3 Å². The predicted octanol–water partition coefficient (Wildman–Crippen LogP) is 3.73. The summed E-state index contributed by atoms with van der Waals surface area (Å²) in [7, 11) is 0. The van der Waals surface area contributed by atoms with Crippen LogP contribution in [0.3, 0.4) is 0 Å². The van der Waals surface area contributed by atoms with Gasteiger partial charge in [0.2, 0.25) is 0 Å². The molecular weight excluding hydrogens is 330 g/mol. The van der Waals surface area contributed by atoms with E-state index in [0.29, 0.717) is 6.42 Å². The number of hydrogen-bond donors (Lipinski definition) is 1. The van der Waals surface area contributed by atoms with Gasteiger partial charge in [0.25, 0.3) is 0 Å². The summed E-state index contributed by atoms with van der Waals surface area (Å²) in [5.74, 6) is -1.35. The number of nitrogens with zero attached hydrogens (tertiary/aromatic N) is 1. The first kappa shape index (κ1) is 16.6. The monoisotopic (exact) mass is 351 g/mol. The first-order valence-corrected chi connectivity index (χ1v) is 8.90. The van der Waals surface area contributed by atoms with Gasteiger partial charge in [-0.15, -0.1) is 0 Å². The van der Waals surface area contributed by atoms with E-state index >= 15 is 0 Å². The van der Waals surface area contributed by atoms with Gasteiger partial charge in [0, 0.05) is 18.5 Å². The fraction of sp³-hybridized carbons (Fsp3) is 0.333. The maximum Gasteiger partial charge on any atom is 0.410 e. The maximum absolute atomic E-state index is 12.5. The Bertz CT molecular complexity index is 817. The van der Waals surface area contributed by atoms with Crippen molar-refractivity contribution in [2.24, 2.45) is 5.92 Å². The second-order valence-electron chi connectivity index (χ2n) is 7.08. The minimum Gasteiger partial charge on any atom is -0.481 e. The van der Waals surface area contributed by atoms with Gasteiger partial charge >= 0.3 is 12.1 Å². The lowest BCUT2D eigenvalue weighted by molar-refractivity contribution is -0.141. The lowest BCUT2D eigenvalue weighted by atomic mass is 9.98. The van der Waals surface area contributed by atoms with Crippen LogP contribution in [0.4, 0.5) is 4.79 Å². The van der Waals surface area contributed by atoms with Crippen molar-refractivity contribution in [1.82, 2.24) is 4.90 Å². The Labute approximate surface area is 152 Å². The van der Waals surface area contributed by atoms with Crippen molar-refractivity contribution in [3.05, 3.63) is 59.7 Å². The van der Waals surface area contributed by atoms with Gasteiger partial charge in [-0.2, -0.15) is 0 Å². The van der Waals surface area contributed by atoms with Crippen LogP contribution in [-0.4, -0.2) is 41.3 Å². The zero-order chi connectivity index (χ0) is 18.3. The van der Waals surface area contributed by atoms with E-state index in [-0.39, 0.29) is 25.1 Å². The van der Waals surface area contributed by atoms with Crippen molar-refractivity contribution in [3.8, 4) is 11.1 Å². The molecule has 1 saturated heterocycles. The minimum atomic E-state index is -0.856. The summed E-state index contributed by atoms with van der Waals surface area (Å²) in [5, 5.41) is 9.17. The number of rotatable bonds is 3. The van der Waals surface area contributed by atoms with Crippen molar-refractivity contribution in [1.29, 1.82) is 0 Å². The van der Waals surface area contributed by atoms with E-state index < -0.39 is 18.0 Å². The lowest BCUT2D eigenvalue weighted by Gasteiger charge is -2.22. The predicted molar refractivity (Wildman–Crippen MR) is 97.0 cm³/mol. The Balaban J connectivity index is 1.50. The van der Waals surface area contributed by atoms with E-state index in [9.17, 15) is 14.7 Å². The highest BCUT2D eigenvalue weighted by Gasteiger charge is 2.38. The molecule has 1 amide bonds. The zero-order valence-electron chi connectivity index (χ0n) is 14.6. The molecule has 1 aliphatic carbocycles. The van der Waals surface area contributed by atoms with Gasteiger partial charge in [0.15, 0.2) is 0 Å². The molecule has 1 heterocycles. The van der Waals surface area contributed by atoms with Gasteiger partial charge in [0.1, 0.15) is 6.61 Å². The first-order chi connectivity index (χ1) is 12.6. The van der Waals surface area contributed by atoms with Gasteiger partial charge in [-0.05, 0) is 35.6 Å². The fourth-order valence-electron chi connectivity index (χ4n) is 4.14. The molecule has 2 unspecified atom stereocenters. The highest BCUT2D eigenvalue weighted by Crippen LogP contribution is 2.44. The Morgan fingerprint density at radius 2 is 1.65 bits per heavy atom. The molecule has 26 heavy (non-hydrogen) atoms. The SMILES string of the molecule is CC1CC(C(=O)O)CN1C(=O)OCC1c2ccccc2-c2ccccc21. The van der Waals surface area contributed by atoms with Crippen LogP contribution in [0.5, 0.6) is 0 Å². The molecule has 0 saturated carbocycles. The van der Waals surface area contributed by atoms with E-state index in [1.54, 1.807) is 0 Å². The summed E-state index contributed by atoms with van der Waals surface area (Å²) in [6.45, 7) is 2.34. The summed E-state index contributed by atoms with van der Waals surface area (Å²) in [4.78, 5) is 25.2. The molecule has 1 aliphatic heterocycles. The van der Waals surface area contributed by atoms with Crippen LogP contribution in [0, 0.1) is 5.92 Å². The fourth-order valence-corrected chi connectivity index (χ4v) is 4.14. The Morgan fingerprint density at radius 3 is 2.19 bits per heavy atom. The molecule has 4 rings (SSSR count). The number of carbonyl (C=O) groups excluding carboxylic acids is 1. The van der Waals surface area contributed by atoms with Crippen LogP contribution >= 0.6 is 0 Å². The second-order valence-corrected chi connectivity index (χ2v) is 7.08. The van der Waals surface area contributed by atoms with Crippen molar-refractivity contribution in [3.63, 3.8) is 0 Å². The molecule has 2 aromatic rings. The zero-order valence-corrected chi connectivity index (χ0v) is 14.6. The molecule has 2 aromatic carbocycles. The largest absolute Gasteiger partial charge is 0.481 e. The molecule has 5 nitrogen and oxygen atoms in total. The Hall–Kier alpha value is -2.82. The smallest absolute Gasteiger partial charge is 0.410 e. The maximum atomic E-state index is 12.5. The van der Waals surface area contributed by atoms with Gasteiger partial charge in [-0.25, -0.2) is 4.79 Å². The Morgan fingerprint density at radius 1 is 1.08 bits per heavy atom. The van der Waals surface area contributed by atoms with Gasteiger partial charge in [-0.1, -0.05) is 48.5 Å². The van der Waals surface area contributed by atoms with Crippen LogP contribution in [0.15, 0.2) is 48.5 Å². The van der Waals surface area contributed by atoms with Gasteiger partial charge < -0.3 is 14.7 Å². The molecule has 2 atom stereocenters. The third kappa shape index (κ3) is 2.73. The summed E-state index contributed by atoms with van der Waals surface area (Å²) >= 11 is 0. The number of amides is 1. The molecule has 1 N–H and O–H groups in total. The van der Waals surface area contributed by atoms with Gasteiger partial charge in [0.05, 0.1) is 5.92 Å². The quantitative estimate of drug-likeness (QED) is 0.915. The molecule has 0 spiro atoms. The number of aliphatic carboxylic acids is 1. The van der Waals surface area contributed by atoms with E-state index in [0.717, 1.165) is 0 Å². The highest BCUT2D eigenvalue weighted by atomic mass is 16.6. The summed E-state index contributed by atoms with van der Waals surface area (Å²) in [6.07, 6.45) is 0.0441. The average molecular weight is 351 g/mol. The molecule has 0 radical (unpaired) electrons. The third-order valence-electron chi connectivity index (χ3n) is 5.49. The standard InChI is InChI=1S/C21H21NO4/c1-13-10-14(20(23)24)11-22(13)21(25)26-12-19-17-8-4-2-6-15(17)16-7-3-5-9-18(16)19/h2-9,13-14,19H,10-12H2,1H3,(H,23,24). The first-order valence-electron chi connectivity index (χ1n) is 8.90. The number of carboxylic acid groups (broad SMARTS) is 1. The molecule has 5 heteroatoms. The molecule has 134 valence electrons. The number of hydrogen-bond acceptors (Lipinski definition) is 3. The molecule has 2 aliphatic rings. The van der Waals surface area contributed by atoms with Crippen LogP contribution in [0.25, 0.3) is 11.1 Å². The number of benzene rings is 2. The highest BCUT2D eigenvalue weighted by molar-refractivity contribution is 5.79. The topological polar surface area (TPSA) is 66.8 Å². The average Bonchev–Trinajstić information content (AvgIpc) is 3.19. The molecule has 1 fully saturated rings. The summed E-state index contributed by atoms with van der Waals surface area (Å²) < 4.78 is 5.62. The van der Waals surface area contributed by atoms with Gasteiger partial charge in [-0.3, -0.25) is 4.79 Å². The van der Waals surface area contributed by atoms with E-state index in [1.807, 2.05) is 31.2 Å².